The third kappa shape index (κ3) is 4.03. The molecule has 0 saturated carbocycles. The van der Waals surface area contributed by atoms with Crippen LogP contribution in [-0.4, -0.2) is 36.3 Å². The zero-order chi connectivity index (χ0) is 11.3. The van der Waals surface area contributed by atoms with Gasteiger partial charge in [0.1, 0.15) is 0 Å². The molecule has 1 fully saturated rings. The Hall–Kier alpha value is -0.220. The van der Waals surface area contributed by atoms with E-state index in [1.54, 1.807) is 0 Å². The van der Waals surface area contributed by atoms with E-state index < -0.39 is 0 Å². The summed E-state index contributed by atoms with van der Waals surface area (Å²) >= 11 is 1.83. The lowest BCUT2D eigenvalue weighted by molar-refractivity contribution is -0.146. The van der Waals surface area contributed by atoms with Crippen molar-refractivity contribution in [1.82, 2.24) is 0 Å². The molecule has 0 amide bonds. The summed E-state index contributed by atoms with van der Waals surface area (Å²) in [5, 5.41) is 0.543. The van der Waals surface area contributed by atoms with Gasteiger partial charge in [-0.25, -0.2) is 0 Å². The summed E-state index contributed by atoms with van der Waals surface area (Å²) in [6.07, 6.45) is 1.42. The van der Waals surface area contributed by atoms with Gasteiger partial charge in [0.25, 0.3) is 0 Å². The Kier molecular flexibility index (Phi) is 5.47. The molecule has 1 heterocycles. The topological polar surface area (TPSA) is 35.5 Å². The zero-order valence-corrected chi connectivity index (χ0v) is 10.5. The second-order valence-electron chi connectivity index (χ2n) is 3.89. The van der Waals surface area contributed by atoms with Gasteiger partial charge in [-0.05, 0) is 20.3 Å². The highest BCUT2D eigenvalue weighted by Gasteiger charge is 2.26. The predicted molar refractivity (Wildman–Crippen MR) is 62.1 cm³/mol. The molecule has 1 rings (SSSR count). The van der Waals surface area contributed by atoms with Crippen molar-refractivity contribution in [1.29, 1.82) is 0 Å². The second-order valence-corrected chi connectivity index (χ2v) is 5.16. The van der Waals surface area contributed by atoms with Crippen LogP contribution >= 0.6 is 11.8 Å². The molecule has 0 spiro atoms. The minimum Gasteiger partial charge on any atom is -0.466 e. The van der Waals surface area contributed by atoms with E-state index in [0.29, 0.717) is 18.0 Å². The van der Waals surface area contributed by atoms with Gasteiger partial charge in [-0.2, -0.15) is 11.8 Å². The number of rotatable bonds is 5. The molecule has 0 aromatic carbocycles. The molecular formula is C11H20O3S. The second kappa shape index (κ2) is 6.38. The summed E-state index contributed by atoms with van der Waals surface area (Å²) in [6, 6.07) is 0. The van der Waals surface area contributed by atoms with Gasteiger partial charge in [-0.3, -0.25) is 4.79 Å². The summed E-state index contributed by atoms with van der Waals surface area (Å²) in [5.74, 6) is 0.733. The average molecular weight is 232 g/mol. The molecule has 1 aliphatic heterocycles. The van der Waals surface area contributed by atoms with Crippen LogP contribution in [0.4, 0.5) is 0 Å². The number of esters is 1. The average Bonchev–Trinajstić information content (AvgIpc) is 2.61. The van der Waals surface area contributed by atoms with Gasteiger partial charge in [0.2, 0.25) is 0 Å². The van der Waals surface area contributed by atoms with Gasteiger partial charge in [-0.1, -0.05) is 6.92 Å². The van der Waals surface area contributed by atoms with Crippen molar-refractivity contribution in [2.45, 2.75) is 38.5 Å². The molecule has 15 heavy (non-hydrogen) atoms. The zero-order valence-electron chi connectivity index (χ0n) is 9.69. The van der Waals surface area contributed by atoms with Crippen LogP contribution in [0, 0.1) is 5.92 Å². The van der Waals surface area contributed by atoms with Crippen molar-refractivity contribution in [2.75, 3.05) is 19.0 Å². The Balaban J connectivity index is 2.21. The van der Waals surface area contributed by atoms with Gasteiger partial charge in [-0.15, -0.1) is 0 Å². The van der Waals surface area contributed by atoms with Crippen LogP contribution in [0.25, 0.3) is 0 Å². The van der Waals surface area contributed by atoms with Gasteiger partial charge in [0, 0.05) is 17.6 Å². The summed E-state index contributed by atoms with van der Waals surface area (Å²) in [7, 11) is 0. The number of carbonyl (C=O) groups excluding carboxylic acids is 1. The van der Waals surface area contributed by atoms with Gasteiger partial charge in [0.15, 0.2) is 0 Å². The number of carbonyl (C=O) groups is 1. The van der Waals surface area contributed by atoms with Crippen LogP contribution in [0.3, 0.4) is 0 Å². The number of hydrogen-bond donors (Lipinski definition) is 0. The van der Waals surface area contributed by atoms with Crippen LogP contribution in [0.15, 0.2) is 0 Å². The first-order valence-electron chi connectivity index (χ1n) is 5.55. The Bertz CT molecular complexity index is 208. The van der Waals surface area contributed by atoms with Crippen LogP contribution < -0.4 is 0 Å². The van der Waals surface area contributed by atoms with E-state index in [1.165, 1.54) is 0 Å². The molecule has 1 saturated heterocycles. The minimum atomic E-state index is -0.0865. The number of hydrogen-bond acceptors (Lipinski definition) is 4. The molecule has 0 radical (unpaired) electrons. The maximum Gasteiger partial charge on any atom is 0.309 e. The fourth-order valence-corrected chi connectivity index (χ4v) is 2.84. The lowest BCUT2D eigenvalue weighted by Gasteiger charge is -2.16. The fraction of sp³-hybridized carbons (Fsp3) is 0.909. The lowest BCUT2D eigenvalue weighted by Crippen LogP contribution is -2.20. The van der Waals surface area contributed by atoms with E-state index in [0.717, 1.165) is 18.8 Å². The third-order valence-electron chi connectivity index (χ3n) is 2.56. The lowest BCUT2D eigenvalue weighted by atomic mass is 10.2. The Morgan fingerprint density at radius 2 is 2.40 bits per heavy atom. The first-order chi connectivity index (χ1) is 7.15. The molecular weight excluding hydrogens is 212 g/mol. The SMILES string of the molecule is CCOC(=O)C(C)CSC1CCOC1C. The molecule has 3 unspecified atom stereocenters. The molecule has 3 atom stereocenters. The first kappa shape index (κ1) is 12.8. The standard InChI is InChI=1S/C11H20O3S/c1-4-13-11(12)8(2)7-15-10-5-6-14-9(10)3/h8-10H,4-7H2,1-3H3. The molecule has 4 heteroatoms. The Labute approximate surface area is 95.9 Å². The van der Waals surface area contributed by atoms with Crippen molar-refractivity contribution in [3.05, 3.63) is 0 Å². The highest BCUT2D eigenvalue weighted by atomic mass is 32.2. The quantitative estimate of drug-likeness (QED) is 0.680. The molecule has 0 aromatic rings. The highest BCUT2D eigenvalue weighted by Crippen LogP contribution is 2.27. The summed E-state index contributed by atoms with van der Waals surface area (Å²) in [4.78, 5) is 11.4. The van der Waals surface area contributed by atoms with Crippen LogP contribution in [0.5, 0.6) is 0 Å². The maximum atomic E-state index is 11.4. The van der Waals surface area contributed by atoms with Crippen LogP contribution in [0.1, 0.15) is 27.2 Å². The maximum absolute atomic E-state index is 11.4. The van der Waals surface area contributed by atoms with Gasteiger partial charge < -0.3 is 9.47 Å². The van der Waals surface area contributed by atoms with Crippen molar-refractivity contribution in [2.24, 2.45) is 5.92 Å². The van der Waals surface area contributed by atoms with E-state index in [4.69, 9.17) is 9.47 Å². The Morgan fingerprint density at radius 3 is 2.93 bits per heavy atom. The number of thioether (sulfide) groups is 1. The summed E-state index contributed by atoms with van der Waals surface area (Å²) < 4.78 is 10.4. The van der Waals surface area contributed by atoms with Crippen molar-refractivity contribution in [3.8, 4) is 0 Å². The summed E-state index contributed by atoms with van der Waals surface area (Å²) in [5.41, 5.74) is 0. The molecule has 0 bridgehead atoms. The van der Waals surface area contributed by atoms with Gasteiger partial charge in [0.05, 0.1) is 18.6 Å². The molecule has 0 aromatic heterocycles. The molecule has 88 valence electrons. The van der Waals surface area contributed by atoms with E-state index in [9.17, 15) is 4.79 Å². The van der Waals surface area contributed by atoms with Gasteiger partial charge >= 0.3 is 5.97 Å². The first-order valence-corrected chi connectivity index (χ1v) is 6.59. The fourth-order valence-electron chi connectivity index (χ4n) is 1.55. The molecule has 0 N–H and O–H groups in total. The van der Waals surface area contributed by atoms with Crippen molar-refractivity contribution >= 4 is 17.7 Å². The van der Waals surface area contributed by atoms with E-state index in [-0.39, 0.29) is 11.9 Å². The normalized spacial score (nSPS) is 27.7. The molecule has 0 aliphatic carbocycles. The minimum absolute atomic E-state index is 0.0113. The monoisotopic (exact) mass is 232 g/mol. The van der Waals surface area contributed by atoms with E-state index in [1.807, 2.05) is 25.6 Å². The third-order valence-corrected chi connectivity index (χ3v) is 4.30. The number of ether oxygens (including phenoxy) is 2. The van der Waals surface area contributed by atoms with Crippen LogP contribution in [-0.2, 0) is 14.3 Å². The van der Waals surface area contributed by atoms with Crippen LogP contribution in [0.2, 0.25) is 0 Å². The molecule has 1 aliphatic rings. The van der Waals surface area contributed by atoms with Crippen molar-refractivity contribution in [3.63, 3.8) is 0 Å². The van der Waals surface area contributed by atoms with Crippen molar-refractivity contribution < 1.29 is 14.3 Å². The molecule has 3 nitrogen and oxygen atoms in total. The van der Waals surface area contributed by atoms with E-state index in [2.05, 4.69) is 6.92 Å². The smallest absolute Gasteiger partial charge is 0.309 e. The van der Waals surface area contributed by atoms with E-state index >= 15 is 0 Å². The summed E-state index contributed by atoms with van der Waals surface area (Å²) in [6.45, 7) is 7.18. The Morgan fingerprint density at radius 1 is 1.67 bits per heavy atom. The largest absolute Gasteiger partial charge is 0.466 e. The highest BCUT2D eigenvalue weighted by molar-refractivity contribution is 8.00. The predicted octanol–water partition coefficient (Wildman–Crippen LogP) is 2.10.